The van der Waals surface area contributed by atoms with Gasteiger partial charge in [0.1, 0.15) is 11.4 Å². The number of aromatic nitrogens is 1. The van der Waals surface area contributed by atoms with Crippen molar-refractivity contribution in [2.75, 3.05) is 13.2 Å². The van der Waals surface area contributed by atoms with Crippen LogP contribution >= 0.6 is 0 Å². The molecule has 10 heteroatoms. The lowest BCUT2D eigenvalue weighted by molar-refractivity contribution is -0.126. The zero-order valence-corrected chi connectivity index (χ0v) is 16.0. The van der Waals surface area contributed by atoms with Crippen molar-refractivity contribution < 1.29 is 27.3 Å². The van der Waals surface area contributed by atoms with Gasteiger partial charge in [0.25, 0.3) is 5.91 Å². The summed E-state index contributed by atoms with van der Waals surface area (Å²) < 4.78 is 38.1. The van der Waals surface area contributed by atoms with Gasteiger partial charge in [-0.25, -0.2) is 22.8 Å². The minimum absolute atomic E-state index is 0.180. The van der Waals surface area contributed by atoms with Gasteiger partial charge in [0.15, 0.2) is 12.2 Å². The van der Waals surface area contributed by atoms with Crippen LogP contribution in [0.25, 0.3) is 11.0 Å². The molecule has 150 valence electrons. The van der Waals surface area contributed by atoms with Crippen molar-refractivity contribution in [3.05, 3.63) is 65.9 Å². The Morgan fingerprint density at radius 2 is 1.79 bits per heavy atom. The van der Waals surface area contributed by atoms with Crippen molar-refractivity contribution in [3.63, 3.8) is 0 Å². The Hall–Kier alpha value is -3.24. The maximum absolute atomic E-state index is 12.8. The SMILES string of the molecule is O=C1COC(=O)N1CC(NS(=O)(=O)Cc1noc2ccccc12)c1ccccc1. The van der Waals surface area contributed by atoms with E-state index in [1.54, 1.807) is 54.6 Å². The molecule has 1 aromatic heterocycles. The molecule has 0 radical (unpaired) electrons. The normalized spacial score (nSPS) is 15.7. The molecule has 1 saturated heterocycles. The quantitative estimate of drug-likeness (QED) is 0.626. The summed E-state index contributed by atoms with van der Waals surface area (Å²) in [5.74, 6) is -0.927. The van der Waals surface area contributed by atoms with Gasteiger partial charge in [0.2, 0.25) is 10.0 Å². The zero-order valence-electron chi connectivity index (χ0n) is 15.1. The van der Waals surface area contributed by atoms with Gasteiger partial charge >= 0.3 is 6.09 Å². The lowest BCUT2D eigenvalue weighted by Gasteiger charge is -2.22. The second kappa shape index (κ2) is 7.64. The van der Waals surface area contributed by atoms with E-state index in [1.807, 2.05) is 0 Å². The van der Waals surface area contributed by atoms with E-state index in [9.17, 15) is 18.0 Å². The van der Waals surface area contributed by atoms with Crippen LogP contribution in [0, 0.1) is 0 Å². The molecule has 29 heavy (non-hydrogen) atoms. The number of sulfonamides is 1. The number of nitrogens with one attached hydrogen (secondary N) is 1. The van der Waals surface area contributed by atoms with Gasteiger partial charge in [0, 0.05) is 5.39 Å². The molecule has 2 amide bonds. The number of hydrogen-bond donors (Lipinski definition) is 1. The van der Waals surface area contributed by atoms with Crippen molar-refractivity contribution in [1.82, 2.24) is 14.8 Å². The summed E-state index contributed by atoms with van der Waals surface area (Å²) in [6, 6.07) is 14.8. The lowest BCUT2D eigenvalue weighted by atomic mass is 10.1. The first-order valence-electron chi connectivity index (χ1n) is 8.78. The highest BCUT2D eigenvalue weighted by Gasteiger charge is 2.34. The predicted molar refractivity (Wildman–Crippen MR) is 102 cm³/mol. The topological polar surface area (TPSA) is 119 Å². The number of carbonyl (C=O) groups excluding carboxylic acids is 2. The average molecular weight is 415 g/mol. The fourth-order valence-electron chi connectivity index (χ4n) is 3.12. The van der Waals surface area contributed by atoms with Crippen LogP contribution in [0.2, 0.25) is 0 Å². The minimum atomic E-state index is -3.88. The molecule has 0 bridgehead atoms. The minimum Gasteiger partial charge on any atom is -0.439 e. The van der Waals surface area contributed by atoms with Crippen LogP contribution in [-0.4, -0.2) is 43.6 Å². The molecule has 1 atom stereocenters. The van der Waals surface area contributed by atoms with Gasteiger partial charge in [-0.2, -0.15) is 0 Å². The van der Waals surface area contributed by atoms with Crippen LogP contribution in [0.1, 0.15) is 17.3 Å². The number of rotatable bonds is 7. The van der Waals surface area contributed by atoms with Crippen LogP contribution in [0.15, 0.2) is 59.1 Å². The largest absolute Gasteiger partial charge is 0.439 e. The summed E-state index contributed by atoms with van der Waals surface area (Å²) in [5, 5.41) is 4.46. The molecular weight excluding hydrogens is 398 g/mol. The third-order valence-corrected chi connectivity index (χ3v) is 5.81. The number of amides is 2. The standard InChI is InChI=1S/C19H17N3O6S/c23-18-11-27-19(24)22(18)10-15(13-6-2-1-3-7-13)21-29(25,26)12-16-14-8-4-5-9-17(14)28-20-16/h1-9,15,21H,10-12H2. The number of hydrogen-bond acceptors (Lipinski definition) is 7. The number of nitrogens with zero attached hydrogens (tertiary/aromatic N) is 2. The van der Waals surface area contributed by atoms with Crippen molar-refractivity contribution in [2.24, 2.45) is 0 Å². The van der Waals surface area contributed by atoms with Crippen molar-refractivity contribution >= 4 is 33.0 Å². The van der Waals surface area contributed by atoms with Gasteiger partial charge in [-0.1, -0.05) is 47.6 Å². The fraction of sp³-hybridized carbons (Fsp3) is 0.211. The van der Waals surface area contributed by atoms with Gasteiger partial charge in [-0.3, -0.25) is 4.79 Å². The molecule has 1 N–H and O–H groups in total. The molecule has 0 saturated carbocycles. The molecule has 3 aromatic rings. The molecule has 1 aliphatic heterocycles. The van der Waals surface area contributed by atoms with Gasteiger partial charge in [0.05, 0.1) is 12.6 Å². The van der Waals surface area contributed by atoms with Gasteiger partial charge < -0.3 is 9.26 Å². The first-order valence-corrected chi connectivity index (χ1v) is 10.4. The maximum Gasteiger partial charge on any atom is 0.417 e. The predicted octanol–water partition coefficient (Wildman–Crippen LogP) is 1.97. The van der Waals surface area contributed by atoms with E-state index in [4.69, 9.17) is 9.26 Å². The highest BCUT2D eigenvalue weighted by Crippen LogP contribution is 2.22. The lowest BCUT2D eigenvalue weighted by Crippen LogP contribution is -2.40. The van der Waals surface area contributed by atoms with E-state index in [-0.39, 0.29) is 18.8 Å². The molecule has 0 spiro atoms. The second-order valence-electron chi connectivity index (χ2n) is 6.52. The number of ether oxygens (including phenoxy) is 1. The van der Waals surface area contributed by atoms with E-state index >= 15 is 0 Å². The monoisotopic (exact) mass is 415 g/mol. The summed E-state index contributed by atoms with van der Waals surface area (Å²) in [7, 11) is -3.88. The Morgan fingerprint density at radius 3 is 2.52 bits per heavy atom. The van der Waals surface area contributed by atoms with Crippen LogP contribution in [0.4, 0.5) is 4.79 Å². The van der Waals surface area contributed by atoms with Crippen LogP contribution in [0.5, 0.6) is 0 Å². The number of imide groups is 1. The number of carbonyl (C=O) groups is 2. The summed E-state index contributed by atoms with van der Waals surface area (Å²) in [6.07, 6.45) is -0.794. The summed E-state index contributed by atoms with van der Waals surface area (Å²) >= 11 is 0. The molecule has 1 unspecified atom stereocenters. The van der Waals surface area contributed by atoms with Crippen molar-refractivity contribution in [3.8, 4) is 0 Å². The average Bonchev–Trinajstić information content (AvgIpc) is 3.25. The summed E-state index contributed by atoms with van der Waals surface area (Å²) in [5.41, 5.74) is 1.37. The van der Waals surface area contributed by atoms with Crippen LogP contribution in [-0.2, 0) is 25.3 Å². The molecular formula is C19H17N3O6S. The van der Waals surface area contributed by atoms with E-state index in [1.165, 1.54) is 0 Å². The molecule has 1 aliphatic rings. The summed E-state index contributed by atoms with van der Waals surface area (Å²) in [4.78, 5) is 24.6. The number of benzene rings is 2. The van der Waals surface area contributed by atoms with Gasteiger partial charge in [-0.15, -0.1) is 0 Å². The highest BCUT2D eigenvalue weighted by atomic mass is 32.2. The molecule has 2 heterocycles. The van der Waals surface area contributed by atoms with E-state index in [2.05, 4.69) is 9.88 Å². The van der Waals surface area contributed by atoms with Crippen LogP contribution < -0.4 is 4.72 Å². The Labute approximate surface area is 166 Å². The van der Waals surface area contributed by atoms with Crippen molar-refractivity contribution in [2.45, 2.75) is 11.8 Å². The Bertz CT molecular complexity index is 1140. The Morgan fingerprint density at radius 1 is 1.07 bits per heavy atom. The summed E-state index contributed by atoms with van der Waals surface area (Å²) in [6.45, 7) is -0.529. The number of cyclic esters (lactones) is 1. The maximum atomic E-state index is 12.8. The smallest absolute Gasteiger partial charge is 0.417 e. The third kappa shape index (κ3) is 4.13. The van der Waals surface area contributed by atoms with E-state index < -0.39 is 33.8 Å². The second-order valence-corrected chi connectivity index (χ2v) is 8.28. The Kier molecular flexibility index (Phi) is 5.03. The molecule has 9 nitrogen and oxygen atoms in total. The van der Waals surface area contributed by atoms with Crippen LogP contribution in [0.3, 0.4) is 0 Å². The van der Waals surface area contributed by atoms with E-state index in [0.29, 0.717) is 16.5 Å². The Balaban J connectivity index is 1.59. The number of fused-ring (bicyclic) bond motifs is 1. The molecule has 4 rings (SSSR count). The molecule has 0 aliphatic carbocycles. The highest BCUT2D eigenvalue weighted by molar-refractivity contribution is 7.88. The molecule has 1 fully saturated rings. The first kappa shape index (κ1) is 19.1. The number of para-hydroxylation sites is 1. The third-order valence-electron chi connectivity index (χ3n) is 4.51. The first-order chi connectivity index (χ1) is 13.9. The van der Waals surface area contributed by atoms with Gasteiger partial charge in [-0.05, 0) is 17.7 Å². The zero-order chi connectivity index (χ0) is 20.4. The fourth-order valence-corrected chi connectivity index (χ4v) is 4.41. The van der Waals surface area contributed by atoms with E-state index in [0.717, 1.165) is 4.90 Å². The van der Waals surface area contributed by atoms with Crippen molar-refractivity contribution in [1.29, 1.82) is 0 Å². The molecule has 2 aromatic carbocycles.